The molecule has 0 heterocycles. The fraction of sp³-hybridized carbons (Fsp3) is 0.0769. The third-order valence-electron chi connectivity index (χ3n) is 2.43. The van der Waals surface area contributed by atoms with Crippen LogP contribution in [-0.2, 0) is 6.18 Å². The quantitative estimate of drug-likeness (QED) is 0.578. The minimum atomic E-state index is -4.35. The summed E-state index contributed by atoms with van der Waals surface area (Å²) in [5.41, 5.74) is 0.884. The van der Waals surface area contributed by atoms with Gasteiger partial charge in [-0.05, 0) is 17.7 Å². The second-order valence-corrected chi connectivity index (χ2v) is 5.39. The van der Waals surface area contributed by atoms with Gasteiger partial charge >= 0.3 is 6.18 Å². The van der Waals surface area contributed by atoms with Gasteiger partial charge < -0.3 is 0 Å². The molecule has 0 aliphatic heterocycles. The lowest BCUT2D eigenvalue weighted by atomic mass is 10.0. The van der Waals surface area contributed by atoms with Crippen LogP contribution in [-0.4, -0.2) is 0 Å². The van der Waals surface area contributed by atoms with Crippen LogP contribution in [0, 0.1) is 0 Å². The molecule has 2 rings (SSSR count). The van der Waals surface area contributed by atoms with Gasteiger partial charge in [-0.2, -0.15) is 13.2 Å². The summed E-state index contributed by atoms with van der Waals surface area (Å²) in [6, 6.07) is 11.4. The fourth-order valence-corrected chi connectivity index (χ4v) is 3.26. The Morgan fingerprint density at radius 3 is 1.78 bits per heavy atom. The summed E-state index contributed by atoms with van der Waals surface area (Å²) in [5, 5.41) is 0. The number of alkyl halides is 3. The summed E-state index contributed by atoms with van der Waals surface area (Å²) in [4.78, 5) is 0. The first-order valence-electron chi connectivity index (χ1n) is 5.01. The first-order chi connectivity index (χ1) is 8.39. The maximum atomic E-state index is 12.6. The standard InChI is InChI=1S/C13H7Br2F3/c14-10-6-9(13(16,17)18)7-11(15)12(10)8-4-2-1-3-5-8/h1-7H. The van der Waals surface area contributed by atoms with Gasteiger partial charge in [-0.3, -0.25) is 0 Å². The van der Waals surface area contributed by atoms with E-state index in [0.717, 1.165) is 17.7 Å². The first kappa shape index (κ1) is 13.6. The SMILES string of the molecule is FC(F)(F)c1cc(Br)c(-c2ccccc2)c(Br)c1. The number of benzene rings is 2. The molecular weight excluding hydrogens is 373 g/mol. The van der Waals surface area contributed by atoms with Crippen LogP contribution in [0.1, 0.15) is 5.56 Å². The minimum absolute atomic E-state index is 0.412. The predicted octanol–water partition coefficient (Wildman–Crippen LogP) is 5.90. The van der Waals surface area contributed by atoms with Crippen molar-refractivity contribution in [1.29, 1.82) is 0 Å². The van der Waals surface area contributed by atoms with E-state index in [4.69, 9.17) is 0 Å². The van der Waals surface area contributed by atoms with E-state index in [9.17, 15) is 13.2 Å². The smallest absolute Gasteiger partial charge is 0.166 e. The summed E-state index contributed by atoms with van der Waals surface area (Å²) < 4.78 is 38.7. The van der Waals surface area contributed by atoms with Crippen LogP contribution in [0.4, 0.5) is 13.2 Å². The highest BCUT2D eigenvalue weighted by Crippen LogP contribution is 2.40. The molecule has 0 bridgehead atoms. The number of rotatable bonds is 1. The minimum Gasteiger partial charge on any atom is -0.166 e. The van der Waals surface area contributed by atoms with Gasteiger partial charge in [0.25, 0.3) is 0 Å². The molecule has 0 radical (unpaired) electrons. The summed E-state index contributed by atoms with van der Waals surface area (Å²) in [6.45, 7) is 0. The summed E-state index contributed by atoms with van der Waals surface area (Å²) >= 11 is 6.39. The molecule has 0 spiro atoms. The van der Waals surface area contributed by atoms with Gasteiger partial charge in [0, 0.05) is 14.5 Å². The Labute approximate surface area is 119 Å². The molecule has 5 heteroatoms. The highest BCUT2D eigenvalue weighted by Gasteiger charge is 2.31. The number of hydrogen-bond donors (Lipinski definition) is 0. The summed E-state index contributed by atoms with van der Waals surface area (Å²) in [5.74, 6) is 0. The second kappa shape index (κ2) is 5.05. The molecule has 0 N–H and O–H groups in total. The molecule has 0 aliphatic rings. The van der Waals surface area contributed by atoms with E-state index in [1.165, 1.54) is 0 Å². The van der Waals surface area contributed by atoms with Crippen LogP contribution in [0.25, 0.3) is 11.1 Å². The van der Waals surface area contributed by atoms with Gasteiger partial charge in [0.2, 0.25) is 0 Å². The Hall–Kier alpha value is -0.810. The third-order valence-corrected chi connectivity index (χ3v) is 3.68. The Kier molecular flexibility index (Phi) is 3.82. The molecule has 2 aromatic rings. The molecule has 0 saturated heterocycles. The van der Waals surface area contributed by atoms with Crippen LogP contribution < -0.4 is 0 Å². The van der Waals surface area contributed by atoms with Gasteiger partial charge in [0.1, 0.15) is 0 Å². The van der Waals surface area contributed by atoms with Gasteiger partial charge in [-0.1, -0.05) is 62.2 Å². The van der Waals surface area contributed by atoms with E-state index in [2.05, 4.69) is 31.9 Å². The van der Waals surface area contributed by atoms with Crippen molar-refractivity contribution in [3.8, 4) is 11.1 Å². The molecule has 0 aliphatic carbocycles. The van der Waals surface area contributed by atoms with Crippen molar-refractivity contribution < 1.29 is 13.2 Å². The maximum absolute atomic E-state index is 12.6. The molecule has 0 amide bonds. The lowest BCUT2D eigenvalue weighted by Gasteiger charge is -2.12. The molecule has 0 aromatic heterocycles. The molecule has 0 unspecified atom stereocenters. The predicted molar refractivity (Wildman–Crippen MR) is 72.3 cm³/mol. The Balaban J connectivity index is 2.59. The van der Waals surface area contributed by atoms with Crippen molar-refractivity contribution in [1.82, 2.24) is 0 Å². The van der Waals surface area contributed by atoms with Gasteiger partial charge in [0.15, 0.2) is 0 Å². The number of halogens is 5. The Morgan fingerprint density at radius 1 is 0.833 bits per heavy atom. The van der Waals surface area contributed by atoms with E-state index in [0.29, 0.717) is 14.5 Å². The molecule has 0 fully saturated rings. The Morgan fingerprint density at radius 2 is 1.33 bits per heavy atom. The number of hydrogen-bond acceptors (Lipinski definition) is 0. The zero-order valence-corrected chi connectivity index (χ0v) is 12.1. The average molecular weight is 380 g/mol. The monoisotopic (exact) mass is 378 g/mol. The summed E-state index contributed by atoms with van der Waals surface area (Å²) in [6.07, 6.45) is -4.35. The van der Waals surface area contributed by atoms with Crippen molar-refractivity contribution in [2.24, 2.45) is 0 Å². The topological polar surface area (TPSA) is 0 Å². The maximum Gasteiger partial charge on any atom is 0.416 e. The van der Waals surface area contributed by atoms with Crippen molar-refractivity contribution in [3.63, 3.8) is 0 Å². The molecule has 0 saturated carbocycles. The van der Waals surface area contributed by atoms with Gasteiger partial charge in [-0.25, -0.2) is 0 Å². The first-order valence-corrected chi connectivity index (χ1v) is 6.60. The van der Waals surface area contributed by atoms with Crippen molar-refractivity contribution in [2.75, 3.05) is 0 Å². The third kappa shape index (κ3) is 2.78. The van der Waals surface area contributed by atoms with Crippen LogP contribution in [0.3, 0.4) is 0 Å². The van der Waals surface area contributed by atoms with Crippen LogP contribution in [0.2, 0.25) is 0 Å². The fourth-order valence-electron chi connectivity index (χ4n) is 1.62. The molecule has 2 aromatic carbocycles. The lowest BCUT2D eigenvalue weighted by Crippen LogP contribution is -2.05. The molecular formula is C13H7Br2F3. The van der Waals surface area contributed by atoms with E-state index >= 15 is 0 Å². The Bertz CT molecular complexity index is 539. The molecule has 18 heavy (non-hydrogen) atoms. The second-order valence-electron chi connectivity index (χ2n) is 3.68. The average Bonchev–Trinajstić information content (AvgIpc) is 2.28. The highest BCUT2D eigenvalue weighted by molar-refractivity contribution is 9.11. The summed E-state index contributed by atoms with van der Waals surface area (Å²) in [7, 11) is 0. The van der Waals surface area contributed by atoms with Crippen molar-refractivity contribution in [3.05, 3.63) is 57.0 Å². The zero-order chi connectivity index (χ0) is 13.3. The van der Waals surface area contributed by atoms with Crippen LogP contribution in [0.5, 0.6) is 0 Å². The molecule has 0 atom stereocenters. The molecule has 0 nitrogen and oxygen atoms in total. The van der Waals surface area contributed by atoms with E-state index in [-0.39, 0.29) is 0 Å². The highest BCUT2D eigenvalue weighted by atomic mass is 79.9. The van der Waals surface area contributed by atoms with E-state index in [1.54, 1.807) is 0 Å². The van der Waals surface area contributed by atoms with Crippen LogP contribution >= 0.6 is 31.9 Å². The van der Waals surface area contributed by atoms with Crippen molar-refractivity contribution in [2.45, 2.75) is 6.18 Å². The van der Waals surface area contributed by atoms with E-state index in [1.807, 2.05) is 30.3 Å². The van der Waals surface area contributed by atoms with Crippen LogP contribution in [0.15, 0.2) is 51.4 Å². The van der Waals surface area contributed by atoms with Gasteiger partial charge in [-0.15, -0.1) is 0 Å². The van der Waals surface area contributed by atoms with Gasteiger partial charge in [0.05, 0.1) is 5.56 Å². The normalized spacial score (nSPS) is 11.6. The zero-order valence-electron chi connectivity index (χ0n) is 8.93. The largest absolute Gasteiger partial charge is 0.416 e. The molecule has 94 valence electrons. The lowest BCUT2D eigenvalue weighted by molar-refractivity contribution is -0.137. The van der Waals surface area contributed by atoms with Crippen molar-refractivity contribution >= 4 is 31.9 Å². The van der Waals surface area contributed by atoms with E-state index < -0.39 is 11.7 Å².